The van der Waals surface area contributed by atoms with Gasteiger partial charge < -0.3 is 0 Å². The first-order valence-corrected chi connectivity index (χ1v) is 6.45. The van der Waals surface area contributed by atoms with E-state index in [9.17, 15) is 19.7 Å². The van der Waals surface area contributed by atoms with Gasteiger partial charge in [0.25, 0.3) is 11.2 Å². The number of aryl methyl sites for hydroxylation is 1. The molecule has 0 spiro atoms. The van der Waals surface area contributed by atoms with Gasteiger partial charge in [0, 0.05) is 31.8 Å². The van der Waals surface area contributed by atoms with Gasteiger partial charge >= 0.3 is 5.69 Å². The molecule has 116 valence electrons. The standard InChI is InChI=1S/C13H10N6O4/c1-17-12(20)9-11(15-13(17)21)18(2)16-10(14-9)7-3-5-8(6-4-7)19(22)23/h3-6H,1-2H3. The summed E-state index contributed by atoms with van der Waals surface area (Å²) in [5.41, 5.74) is -0.835. The zero-order chi connectivity index (χ0) is 16.7. The van der Waals surface area contributed by atoms with Gasteiger partial charge in [0.15, 0.2) is 17.3 Å². The molecule has 2 heterocycles. The average Bonchev–Trinajstić information content (AvgIpc) is 2.53. The van der Waals surface area contributed by atoms with Gasteiger partial charge in [0.1, 0.15) is 0 Å². The highest BCUT2D eigenvalue weighted by molar-refractivity contribution is 5.60. The Morgan fingerprint density at radius 2 is 1.74 bits per heavy atom. The van der Waals surface area contributed by atoms with E-state index in [1.54, 1.807) is 0 Å². The molecule has 0 unspecified atom stereocenters. The molecule has 0 bridgehead atoms. The third-order valence-corrected chi connectivity index (χ3v) is 3.31. The summed E-state index contributed by atoms with van der Waals surface area (Å²) in [6.45, 7) is 0. The Balaban J connectivity index is 2.24. The Bertz CT molecular complexity index is 1000. The van der Waals surface area contributed by atoms with Crippen molar-refractivity contribution >= 4 is 5.69 Å². The van der Waals surface area contributed by atoms with E-state index in [0.717, 1.165) is 4.57 Å². The van der Waals surface area contributed by atoms with Gasteiger partial charge in [-0.15, -0.1) is 0 Å². The normalized spacial score (nSPS) is 10.9. The van der Waals surface area contributed by atoms with Crippen molar-refractivity contribution in [3.63, 3.8) is 0 Å². The number of aromatic nitrogens is 5. The Kier molecular flexibility index (Phi) is 3.21. The topological polar surface area (TPSA) is 126 Å². The maximum absolute atomic E-state index is 12.2. The van der Waals surface area contributed by atoms with Crippen LogP contribution in [0.4, 0.5) is 5.69 Å². The Hall–Kier alpha value is -3.43. The lowest BCUT2D eigenvalue weighted by Crippen LogP contribution is -2.36. The highest BCUT2D eigenvalue weighted by atomic mass is 16.6. The van der Waals surface area contributed by atoms with Crippen LogP contribution in [0.2, 0.25) is 0 Å². The summed E-state index contributed by atoms with van der Waals surface area (Å²) in [6, 6.07) is 5.61. The van der Waals surface area contributed by atoms with Gasteiger partial charge in [-0.25, -0.2) is 14.5 Å². The van der Waals surface area contributed by atoms with Gasteiger partial charge in [-0.3, -0.25) is 19.5 Å². The minimum atomic E-state index is -0.690. The maximum atomic E-state index is 12.2. The smallest absolute Gasteiger partial charge is 0.267 e. The second-order valence-electron chi connectivity index (χ2n) is 4.79. The molecule has 10 heteroatoms. The largest absolute Gasteiger partial charge is 0.352 e. The quantitative estimate of drug-likeness (QED) is 0.479. The molecule has 0 atom stereocenters. The van der Waals surface area contributed by atoms with Crippen LogP contribution in [0.5, 0.6) is 0 Å². The first kappa shape index (κ1) is 14.5. The number of nitrogens with zero attached hydrogens (tertiary/aromatic N) is 6. The molecule has 0 amide bonds. The fourth-order valence-electron chi connectivity index (χ4n) is 2.06. The highest BCUT2D eigenvalue weighted by Gasteiger charge is 2.19. The molecule has 0 saturated carbocycles. The van der Waals surface area contributed by atoms with Gasteiger partial charge in [-0.1, -0.05) is 0 Å². The van der Waals surface area contributed by atoms with E-state index in [2.05, 4.69) is 15.1 Å². The number of non-ortho nitro benzene ring substituents is 1. The summed E-state index contributed by atoms with van der Waals surface area (Å²) >= 11 is 0. The number of hydrogen-bond donors (Lipinski definition) is 0. The number of fused-ring (bicyclic) bond motifs is 1. The molecule has 23 heavy (non-hydrogen) atoms. The molecular formula is C13H10N6O4. The SMILES string of the molecule is Cn1nc(-c2ccc([N+](=O)[O-])cc2)nc2c(=O)n(C)c(=O)nc1-2. The number of nitro benzene ring substituents is 1. The van der Waals surface area contributed by atoms with Crippen LogP contribution in [-0.4, -0.2) is 29.2 Å². The van der Waals surface area contributed by atoms with Crippen LogP contribution in [0.25, 0.3) is 22.9 Å². The first-order valence-electron chi connectivity index (χ1n) is 6.45. The summed E-state index contributed by atoms with van der Waals surface area (Å²) in [7, 11) is 2.84. The fourth-order valence-corrected chi connectivity index (χ4v) is 2.06. The Morgan fingerprint density at radius 1 is 1.09 bits per heavy atom. The highest BCUT2D eigenvalue weighted by Crippen LogP contribution is 2.21. The molecule has 0 radical (unpaired) electrons. The van der Waals surface area contributed by atoms with Crippen molar-refractivity contribution in [1.82, 2.24) is 24.3 Å². The van der Waals surface area contributed by atoms with Crippen molar-refractivity contribution in [2.75, 3.05) is 0 Å². The van der Waals surface area contributed by atoms with Crippen molar-refractivity contribution < 1.29 is 4.92 Å². The molecule has 0 fully saturated rings. The van der Waals surface area contributed by atoms with Gasteiger partial charge in [-0.05, 0) is 12.1 Å². The van der Waals surface area contributed by atoms with Crippen molar-refractivity contribution in [2.45, 2.75) is 0 Å². The predicted octanol–water partition coefficient (Wildman–Crippen LogP) is -0.0510. The summed E-state index contributed by atoms with van der Waals surface area (Å²) in [6.07, 6.45) is 0. The lowest BCUT2D eigenvalue weighted by molar-refractivity contribution is -0.384. The summed E-state index contributed by atoms with van der Waals surface area (Å²) in [4.78, 5) is 41.8. The van der Waals surface area contributed by atoms with E-state index < -0.39 is 16.2 Å². The molecule has 1 aromatic rings. The minimum Gasteiger partial charge on any atom is -0.267 e. The van der Waals surface area contributed by atoms with Gasteiger partial charge in [0.05, 0.1) is 4.92 Å². The fraction of sp³-hybridized carbons (Fsp3) is 0.154. The molecule has 0 aromatic heterocycles. The van der Waals surface area contributed by atoms with E-state index >= 15 is 0 Å². The van der Waals surface area contributed by atoms with Gasteiger partial charge in [0.2, 0.25) is 0 Å². The zero-order valence-corrected chi connectivity index (χ0v) is 12.1. The summed E-state index contributed by atoms with van der Waals surface area (Å²) in [5.74, 6) is 0.274. The second kappa shape index (κ2) is 5.09. The van der Waals surface area contributed by atoms with Crippen LogP contribution < -0.4 is 11.2 Å². The second-order valence-corrected chi connectivity index (χ2v) is 4.79. The Labute approximate surface area is 128 Å². The number of rotatable bonds is 2. The molecule has 1 aromatic carbocycles. The van der Waals surface area contributed by atoms with Gasteiger partial charge in [-0.2, -0.15) is 10.1 Å². The van der Waals surface area contributed by atoms with Crippen LogP contribution in [0, 0.1) is 10.1 Å². The maximum Gasteiger partial charge on any atom is 0.352 e. The van der Waals surface area contributed by atoms with Crippen LogP contribution in [0.3, 0.4) is 0 Å². The summed E-state index contributed by atoms with van der Waals surface area (Å²) in [5, 5.41) is 14.8. The molecule has 10 nitrogen and oxygen atoms in total. The molecule has 2 aliphatic heterocycles. The van der Waals surface area contributed by atoms with Crippen LogP contribution >= 0.6 is 0 Å². The molecule has 0 saturated heterocycles. The van der Waals surface area contributed by atoms with Crippen LogP contribution in [0.1, 0.15) is 0 Å². The minimum absolute atomic E-state index is 0.00190. The van der Waals surface area contributed by atoms with Crippen molar-refractivity contribution in [2.24, 2.45) is 14.1 Å². The molecule has 2 aliphatic rings. The predicted molar refractivity (Wildman–Crippen MR) is 79.0 cm³/mol. The van der Waals surface area contributed by atoms with E-state index in [1.165, 1.54) is 43.0 Å². The van der Waals surface area contributed by atoms with E-state index in [4.69, 9.17) is 0 Å². The first-order chi connectivity index (χ1) is 10.9. The third-order valence-electron chi connectivity index (χ3n) is 3.31. The van der Waals surface area contributed by atoms with Crippen molar-refractivity contribution in [1.29, 1.82) is 0 Å². The number of benzene rings is 1. The van der Waals surface area contributed by atoms with Crippen molar-refractivity contribution in [3.8, 4) is 22.9 Å². The van der Waals surface area contributed by atoms with E-state index in [-0.39, 0.29) is 23.0 Å². The summed E-state index contributed by atoms with van der Waals surface area (Å²) < 4.78 is 2.14. The zero-order valence-electron chi connectivity index (χ0n) is 12.1. The monoisotopic (exact) mass is 314 g/mol. The molecule has 0 N–H and O–H groups in total. The lowest BCUT2D eigenvalue weighted by atomic mass is 10.2. The molecule has 0 aliphatic carbocycles. The van der Waals surface area contributed by atoms with Crippen LogP contribution in [-0.2, 0) is 14.1 Å². The molecule has 3 rings (SSSR count). The number of hydrogen-bond acceptors (Lipinski definition) is 7. The van der Waals surface area contributed by atoms with E-state index in [1.807, 2.05) is 0 Å². The van der Waals surface area contributed by atoms with E-state index in [0.29, 0.717) is 5.56 Å². The third kappa shape index (κ3) is 2.35. The van der Waals surface area contributed by atoms with Crippen molar-refractivity contribution in [3.05, 3.63) is 55.2 Å². The lowest BCUT2D eigenvalue weighted by Gasteiger charge is -2.11. The Morgan fingerprint density at radius 3 is 2.35 bits per heavy atom. The number of nitro groups is 1. The van der Waals surface area contributed by atoms with Crippen LogP contribution in [0.15, 0.2) is 33.9 Å². The average molecular weight is 314 g/mol. The molecular weight excluding hydrogens is 304 g/mol.